The Hall–Kier alpha value is -2.10. The molecule has 3 heterocycles. The van der Waals surface area contributed by atoms with Crippen LogP contribution in [0, 0.1) is 11.2 Å². The highest BCUT2D eigenvalue weighted by molar-refractivity contribution is 6.67. The zero-order chi connectivity index (χ0) is 20.1. The SMILES string of the molecule is CC1(C)OB(c2ccc3c(=O)n(C4CCB(C#N)CC4)cnc3c2)OC1(C)C. The van der Waals surface area contributed by atoms with Crippen molar-refractivity contribution in [2.75, 3.05) is 0 Å². The zero-order valence-corrected chi connectivity index (χ0v) is 16.9. The molecule has 4 rings (SSSR count). The number of nitriles is 1. The van der Waals surface area contributed by atoms with Gasteiger partial charge in [0.2, 0.25) is 0 Å². The number of hydrogen-bond donors (Lipinski definition) is 0. The van der Waals surface area contributed by atoms with E-state index in [0.29, 0.717) is 10.9 Å². The summed E-state index contributed by atoms with van der Waals surface area (Å²) < 4.78 is 14.0. The van der Waals surface area contributed by atoms with Crippen molar-refractivity contribution in [2.45, 2.75) is 70.4 Å². The van der Waals surface area contributed by atoms with Crippen molar-refractivity contribution >= 4 is 30.2 Å². The number of aromatic nitrogens is 2. The first-order chi connectivity index (χ1) is 13.2. The summed E-state index contributed by atoms with van der Waals surface area (Å²) in [5.74, 6) is 2.34. The predicted octanol–water partition coefficient (Wildman–Crippen LogP) is 2.59. The van der Waals surface area contributed by atoms with Crippen molar-refractivity contribution in [1.29, 1.82) is 5.26 Å². The van der Waals surface area contributed by atoms with E-state index < -0.39 is 18.3 Å². The van der Waals surface area contributed by atoms with Crippen molar-refractivity contribution < 1.29 is 9.31 Å². The van der Waals surface area contributed by atoms with Crippen LogP contribution in [0.3, 0.4) is 0 Å². The Morgan fingerprint density at radius 2 is 1.82 bits per heavy atom. The lowest BCUT2D eigenvalue weighted by Crippen LogP contribution is -2.41. The van der Waals surface area contributed by atoms with Crippen LogP contribution in [0.15, 0.2) is 29.3 Å². The van der Waals surface area contributed by atoms with Crippen molar-refractivity contribution in [3.8, 4) is 5.97 Å². The van der Waals surface area contributed by atoms with Crippen LogP contribution in [0.1, 0.15) is 46.6 Å². The molecule has 2 aromatic rings. The fourth-order valence-corrected chi connectivity index (χ4v) is 4.02. The summed E-state index contributed by atoms with van der Waals surface area (Å²) >= 11 is 0. The maximum absolute atomic E-state index is 13.0. The number of fused-ring (bicyclic) bond motifs is 1. The van der Waals surface area contributed by atoms with Crippen LogP contribution in [-0.2, 0) is 9.31 Å². The van der Waals surface area contributed by atoms with Crippen LogP contribution in [-0.4, -0.2) is 34.6 Å². The summed E-state index contributed by atoms with van der Waals surface area (Å²) in [5.41, 5.74) is 0.674. The molecule has 0 amide bonds. The molecular weight excluding hydrogens is 352 g/mol. The Morgan fingerprint density at radius 3 is 2.43 bits per heavy atom. The van der Waals surface area contributed by atoms with Gasteiger partial charge in [0.1, 0.15) is 0 Å². The van der Waals surface area contributed by atoms with E-state index in [1.165, 1.54) is 0 Å². The minimum atomic E-state index is -0.472. The quantitative estimate of drug-likeness (QED) is 0.752. The van der Waals surface area contributed by atoms with Crippen LogP contribution in [0.25, 0.3) is 10.9 Å². The van der Waals surface area contributed by atoms with Crippen LogP contribution in [0.2, 0.25) is 12.6 Å². The predicted molar refractivity (Wildman–Crippen MR) is 111 cm³/mol. The molecule has 0 radical (unpaired) electrons. The molecule has 0 spiro atoms. The van der Waals surface area contributed by atoms with E-state index in [0.717, 1.165) is 30.9 Å². The Balaban J connectivity index is 1.63. The summed E-state index contributed by atoms with van der Waals surface area (Å²) in [5, 5.41) is 9.68. The van der Waals surface area contributed by atoms with E-state index >= 15 is 0 Å². The first-order valence-corrected chi connectivity index (χ1v) is 9.98. The number of rotatable bonds is 2. The average Bonchev–Trinajstić information content (AvgIpc) is 2.89. The number of benzene rings is 1. The standard InChI is InChI=1S/C20H25B2N3O3/c1-19(2)20(3,4)28-22(27-19)14-5-6-16-17(11-14)24-13-25(18(16)26)15-7-9-21(12-23)10-8-15/h5-6,11,13,15H,7-10H2,1-4H3. The summed E-state index contributed by atoms with van der Waals surface area (Å²) in [6, 6.07) is 5.72. The Kier molecular flexibility index (Phi) is 4.64. The molecule has 0 atom stereocenters. The molecule has 2 fully saturated rings. The lowest BCUT2D eigenvalue weighted by molar-refractivity contribution is 0.00578. The van der Waals surface area contributed by atoms with E-state index in [1.54, 1.807) is 10.9 Å². The van der Waals surface area contributed by atoms with Crippen LogP contribution >= 0.6 is 0 Å². The van der Waals surface area contributed by atoms with Crippen molar-refractivity contribution in [2.24, 2.45) is 0 Å². The Labute approximate surface area is 166 Å². The van der Waals surface area contributed by atoms with E-state index in [2.05, 4.69) is 11.0 Å². The van der Waals surface area contributed by atoms with E-state index in [1.807, 2.05) is 45.9 Å². The van der Waals surface area contributed by atoms with Gasteiger partial charge in [0.05, 0.1) is 28.4 Å². The van der Waals surface area contributed by atoms with Gasteiger partial charge in [0, 0.05) is 12.0 Å². The lowest BCUT2D eigenvalue weighted by Gasteiger charge is -2.32. The lowest BCUT2D eigenvalue weighted by atomic mass is 9.42. The van der Waals surface area contributed by atoms with Gasteiger partial charge in [-0.25, -0.2) is 10.2 Å². The Morgan fingerprint density at radius 1 is 1.18 bits per heavy atom. The molecule has 28 heavy (non-hydrogen) atoms. The monoisotopic (exact) mass is 377 g/mol. The Bertz CT molecular complexity index is 988. The third-order valence-electron chi connectivity index (χ3n) is 6.61. The molecule has 144 valence electrons. The first kappa shape index (κ1) is 19.2. The molecular formula is C20H25B2N3O3. The normalized spacial score (nSPS) is 21.8. The molecule has 0 saturated carbocycles. The van der Waals surface area contributed by atoms with Crippen molar-refractivity contribution in [1.82, 2.24) is 9.55 Å². The maximum atomic E-state index is 13.0. The zero-order valence-electron chi connectivity index (χ0n) is 16.9. The second kappa shape index (κ2) is 6.75. The smallest absolute Gasteiger partial charge is 0.399 e. The third kappa shape index (κ3) is 3.17. The van der Waals surface area contributed by atoms with Gasteiger partial charge in [-0.1, -0.05) is 18.7 Å². The van der Waals surface area contributed by atoms with E-state index in [9.17, 15) is 4.79 Å². The largest absolute Gasteiger partial charge is 0.494 e. The van der Waals surface area contributed by atoms with E-state index in [-0.39, 0.29) is 18.3 Å². The van der Waals surface area contributed by atoms with Gasteiger partial charge in [-0.15, -0.1) is 0 Å². The third-order valence-corrected chi connectivity index (χ3v) is 6.61. The molecule has 2 aliphatic heterocycles. The molecule has 0 N–H and O–H groups in total. The second-order valence-electron chi connectivity index (χ2n) is 8.96. The van der Waals surface area contributed by atoms with Gasteiger partial charge < -0.3 is 9.31 Å². The summed E-state index contributed by atoms with van der Waals surface area (Å²) in [7, 11) is -0.472. The summed E-state index contributed by atoms with van der Waals surface area (Å²) in [6.07, 6.45) is 5.02. The van der Waals surface area contributed by atoms with Gasteiger partial charge in [-0.3, -0.25) is 9.36 Å². The molecule has 2 aliphatic rings. The van der Waals surface area contributed by atoms with Crippen LogP contribution in [0.4, 0.5) is 0 Å². The molecule has 0 unspecified atom stereocenters. The maximum Gasteiger partial charge on any atom is 0.494 e. The van der Waals surface area contributed by atoms with Gasteiger partial charge in [-0.2, -0.15) is 0 Å². The minimum absolute atomic E-state index is 0.0223. The fraction of sp³-hybridized carbons (Fsp3) is 0.550. The molecule has 0 aliphatic carbocycles. The van der Waals surface area contributed by atoms with Gasteiger partial charge in [-0.05, 0) is 58.1 Å². The van der Waals surface area contributed by atoms with Crippen molar-refractivity contribution in [3.05, 3.63) is 34.9 Å². The van der Waals surface area contributed by atoms with Gasteiger partial charge in [0.15, 0.2) is 0 Å². The molecule has 1 aromatic heterocycles. The first-order valence-electron chi connectivity index (χ1n) is 9.98. The molecule has 0 bridgehead atoms. The average molecular weight is 377 g/mol. The van der Waals surface area contributed by atoms with Crippen molar-refractivity contribution in [3.63, 3.8) is 0 Å². The van der Waals surface area contributed by atoms with Crippen LogP contribution in [0.5, 0.6) is 0 Å². The van der Waals surface area contributed by atoms with Gasteiger partial charge in [0.25, 0.3) is 12.3 Å². The molecule has 2 saturated heterocycles. The summed E-state index contributed by atoms with van der Waals surface area (Å²) in [6.45, 7) is 8.19. The number of hydrogen-bond acceptors (Lipinski definition) is 5. The molecule has 8 heteroatoms. The fourth-order valence-electron chi connectivity index (χ4n) is 4.02. The number of nitrogens with zero attached hydrogens (tertiary/aromatic N) is 3. The summed E-state index contributed by atoms with van der Waals surface area (Å²) in [4.78, 5) is 17.6. The highest BCUT2D eigenvalue weighted by Crippen LogP contribution is 2.36. The van der Waals surface area contributed by atoms with Crippen LogP contribution < -0.4 is 11.0 Å². The molecule has 1 aromatic carbocycles. The highest BCUT2D eigenvalue weighted by atomic mass is 16.7. The highest BCUT2D eigenvalue weighted by Gasteiger charge is 2.51. The minimum Gasteiger partial charge on any atom is -0.399 e. The topological polar surface area (TPSA) is 77.1 Å². The van der Waals surface area contributed by atoms with E-state index in [4.69, 9.17) is 14.6 Å². The second-order valence-corrected chi connectivity index (χ2v) is 8.96. The van der Waals surface area contributed by atoms with Gasteiger partial charge >= 0.3 is 7.12 Å². The molecule has 6 nitrogen and oxygen atoms in total.